The maximum absolute atomic E-state index is 12.0. The Morgan fingerprint density at radius 3 is 2.83 bits per heavy atom. The van der Waals surface area contributed by atoms with E-state index in [-0.39, 0.29) is 12.5 Å². The van der Waals surface area contributed by atoms with Crippen molar-refractivity contribution in [1.82, 2.24) is 10.2 Å². The Hall–Kier alpha value is -1.07. The molecule has 1 aliphatic heterocycles. The number of carbonyl (C=O) groups is 1. The van der Waals surface area contributed by atoms with Crippen LogP contribution in [-0.2, 0) is 4.79 Å². The van der Waals surface area contributed by atoms with Crippen molar-refractivity contribution in [3.05, 3.63) is 28.7 Å². The molecule has 0 saturated carbocycles. The zero-order valence-corrected chi connectivity index (χ0v) is 11.8. The standard InChI is InChI=1S/C13H17BrN2O2/c14-11-2-4-12(5-3-11)18-10-13(17)16-8-1-6-15-7-9-16/h2-5,15H,1,6-10H2. The van der Waals surface area contributed by atoms with E-state index in [0.29, 0.717) is 0 Å². The molecule has 1 fully saturated rings. The van der Waals surface area contributed by atoms with Crippen LogP contribution in [0.2, 0.25) is 0 Å². The first-order chi connectivity index (χ1) is 8.75. The Balaban J connectivity index is 1.81. The normalized spacial score (nSPS) is 16.2. The topological polar surface area (TPSA) is 41.6 Å². The molecule has 1 aliphatic rings. The SMILES string of the molecule is O=C(COc1ccc(Br)cc1)N1CCCNCC1. The van der Waals surface area contributed by atoms with Crippen molar-refractivity contribution in [1.29, 1.82) is 0 Å². The number of ether oxygens (including phenoxy) is 1. The minimum absolute atomic E-state index is 0.0571. The van der Waals surface area contributed by atoms with Crippen LogP contribution < -0.4 is 10.1 Å². The molecule has 0 bridgehead atoms. The first kappa shape index (κ1) is 13.4. The molecule has 1 N–H and O–H groups in total. The van der Waals surface area contributed by atoms with Gasteiger partial charge in [-0.15, -0.1) is 0 Å². The van der Waals surface area contributed by atoms with Crippen LogP contribution in [0.3, 0.4) is 0 Å². The summed E-state index contributed by atoms with van der Waals surface area (Å²) >= 11 is 3.36. The van der Waals surface area contributed by atoms with Crippen molar-refractivity contribution in [3.63, 3.8) is 0 Å². The fraction of sp³-hybridized carbons (Fsp3) is 0.462. The summed E-state index contributed by atoms with van der Waals surface area (Å²) in [5.74, 6) is 0.779. The lowest BCUT2D eigenvalue weighted by Crippen LogP contribution is -2.37. The van der Waals surface area contributed by atoms with Crippen molar-refractivity contribution >= 4 is 21.8 Å². The van der Waals surface area contributed by atoms with E-state index in [0.717, 1.165) is 42.8 Å². The van der Waals surface area contributed by atoms with Gasteiger partial charge < -0.3 is 15.0 Å². The molecule has 1 heterocycles. The highest BCUT2D eigenvalue weighted by Crippen LogP contribution is 2.16. The van der Waals surface area contributed by atoms with Gasteiger partial charge in [-0.2, -0.15) is 0 Å². The molecule has 1 amide bonds. The molecular weight excluding hydrogens is 296 g/mol. The second-order valence-electron chi connectivity index (χ2n) is 4.23. The summed E-state index contributed by atoms with van der Waals surface area (Å²) in [6, 6.07) is 7.49. The number of hydrogen-bond donors (Lipinski definition) is 1. The third-order valence-corrected chi connectivity index (χ3v) is 3.40. The molecule has 0 aliphatic carbocycles. The van der Waals surface area contributed by atoms with Crippen molar-refractivity contribution in [3.8, 4) is 5.75 Å². The first-order valence-corrected chi connectivity index (χ1v) is 6.92. The van der Waals surface area contributed by atoms with Crippen LogP contribution in [0.1, 0.15) is 6.42 Å². The molecule has 1 saturated heterocycles. The van der Waals surface area contributed by atoms with Crippen LogP contribution in [0.4, 0.5) is 0 Å². The highest BCUT2D eigenvalue weighted by Gasteiger charge is 2.15. The zero-order chi connectivity index (χ0) is 12.8. The molecule has 0 aromatic heterocycles. The lowest BCUT2D eigenvalue weighted by molar-refractivity contribution is -0.133. The maximum Gasteiger partial charge on any atom is 0.260 e. The summed E-state index contributed by atoms with van der Waals surface area (Å²) in [5, 5.41) is 3.27. The monoisotopic (exact) mass is 312 g/mol. The summed E-state index contributed by atoms with van der Waals surface area (Å²) in [6.07, 6.45) is 1.00. The number of nitrogens with one attached hydrogen (secondary N) is 1. The third kappa shape index (κ3) is 3.99. The molecule has 4 nitrogen and oxygen atoms in total. The second kappa shape index (κ2) is 6.75. The van der Waals surface area contributed by atoms with E-state index in [1.54, 1.807) is 0 Å². The van der Waals surface area contributed by atoms with Crippen LogP contribution >= 0.6 is 15.9 Å². The predicted molar refractivity (Wildman–Crippen MR) is 73.7 cm³/mol. The summed E-state index contributed by atoms with van der Waals surface area (Å²) in [7, 11) is 0. The van der Waals surface area contributed by atoms with E-state index in [1.807, 2.05) is 29.2 Å². The maximum atomic E-state index is 12.0. The molecule has 0 unspecified atom stereocenters. The fourth-order valence-electron chi connectivity index (χ4n) is 1.86. The van der Waals surface area contributed by atoms with Gasteiger partial charge in [0.15, 0.2) is 6.61 Å². The molecular formula is C13H17BrN2O2. The Bertz CT molecular complexity index is 386. The smallest absolute Gasteiger partial charge is 0.260 e. The van der Waals surface area contributed by atoms with Crippen LogP contribution in [0.5, 0.6) is 5.75 Å². The summed E-state index contributed by atoms with van der Waals surface area (Å²) in [5.41, 5.74) is 0. The molecule has 2 rings (SSSR count). The number of amides is 1. The van der Waals surface area contributed by atoms with E-state index in [2.05, 4.69) is 21.2 Å². The predicted octanol–water partition coefficient (Wildman–Crippen LogP) is 1.65. The van der Waals surface area contributed by atoms with Gasteiger partial charge in [0.05, 0.1) is 0 Å². The van der Waals surface area contributed by atoms with Crippen molar-refractivity contribution in [2.45, 2.75) is 6.42 Å². The highest BCUT2D eigenvalue weighted by atomic mass is 79.9. The van der Waals surface area contributed by atoms with E-state index in [9.17, 15) is 4.79 Å². The van der Waals surface area contributed by atoms with E-state index in [1.165, 1.54) is 0 Å². The van der Waals surface area contributed by atoms with Crippen molar-refractivity contribution in [2.75, 3.05) is 32.8 Å². The molecule has 0 atom stereocenters. The van der Waals surface area contributed by atoms with Gasteiger partial charge in [-0.25, -0.2) is 0 Å². The molecule has 1 aromatic carbocycles. The van der Waals surface area contributed by atoms with Gasteiger partial charge in [0.2, 0.25) is 0 Å². The van der Waals surface area contributed by atoms with Gasteiger partial charge in [-0.3, -0.25) is 4.79 Å². The van der Waals surface area contributed by atoms with E-state index >= 15 is 0 Å². The average molecular weight is 313 g/mol. The van der Waals surface area contributed by atoms with Gasteiger partial charge >= 0.3 is 0 Å². The number of halogens is 1. The molecule has 0 spiro atoms. The third-order valence-electron chi connectivity index (χ3n) is 2.87. The number of nitrogens with zero attached hydrogens (tertiary/aromatic N) is 1. The number of rotatable bonds is 3. The van der Waals surface area contributed by atoms with Crippen molar-refractivity contribution in [2.24, 2.45) is 0 Å². The minimum atomic E-state index is 0.0571. The van der Waals surface area contributed by atoms with E-state index in [4.69, 9.17) is 4.74 Å². The first-order valence-electron chi connectivity index (χ1n) is 6.12. The Kier molecular flexibility index (Phi) is 5.01. The van der Waals surface area contributed by atoms with E-state index < -0.39 is 0 Å². The molecule has 98 valence electrons. The molecule has 18 heavy (non-hydrogen) atoms. The second-order valence-corrected chi connectivity index (χ2v) is 5.14. The lowest BCUT2D eigenvalue weighted by Gasteiger charge is -2.19. The van der Waals surface area contributed by atoms with Crippen molar-refractivity contribution < 1.29 is 9.53 Å². The minimum Gasteiger partial charge on any atom is -0.484 e. The summed E-state index contributed by atoms with van der Waals surface area (Å²) in [4.78, 5) is 13.8. The molecule has 0 radical (unpaired) electrons. The lowest BCUT2D eigenvalue weighted by atomic mass is 10.3. The van der Waals surface area contributed by atoms with Gasteiger partial charge in [-0.1, -0.05) is 15.9 Å². The summed E-state index contributed by atoms with van der Waals surface area (Å²) in [6.45, 7) is 3.54. The Labute approximate surface area is 115 Å². The molecule has 5 heteroatoms. The largest absolute Gasteiger partial charge is 0.484 e. The summed E-state index contributed by atoms with van der Waals surface area (Å²) < 4.78 is 6.48. The number of benzene rings is 1. The zero-order valence-electron chi connectivity index (χ0n) is 10.2. The Morgan fingerprint density at radius 1 is 1.28 bits per heavy atom. The van der Waals surface area contributed by atoms with Gasteiger partial charge in [0.1, 0.15) is 5.75 Å². The van der Waals surface area contributed by atoms with Gasteiger partial charge in [0, 0.05) is 24.1 Å². The van der Waals surface area contributed by atoms with Gasteiger partial charge in [-0.05, 0) is 37.2 Å². The fourth-order valence-corrected chi connectivity index (χ4v) is 2.13. The highest BCUT2D eigenvalue weighted by molar-refractivity contribution is 9.10. The average Bonchev–Trinajstić information content (AvgIpc) is 2.66. The Morgan fingerprint density at radius 2 is 2.06 bits per heavy atom. The van der Waals surface area contributed by atoms with Crippen LogP contribution in [0.15, 0.2) is 28.7 Å². The van der Waals surface area contributed by atoms with Crippen LogP contribution in [0, 0.1) is 0 Å². The number of carbonyl (C=O) groups excluding carboxylic acids is 1. The van der Waals surface area contributed by atoms with Crippen LogP contribution in [0.25, 0.3) is 0 Å². The van der Waals surface area contributed by atoms with Gasteiger partial charge in [0.25, 0.3) is 5.91 Å². The number of hydrogen-bond acceptors (Lipinski definition) is 3. The molecule has 1 aromatic rings. The quantitative estimate of drug-likeness (QED) is 0.922. The van der Waals surface area contributed by atoms with Crippen LogP contribution in [-0.4, -0.2) is 43.6 Å².